The minimum absolute atomic E-state index is 0.0143. The average molecular weight is 320 g/mol. The molecule has 2 aromatic rings. The number of phenolic OH excluding ortho intramolecular Hbond substituents is 1. The fourth-order valence-electron chi connectivity index (χ4n) is 2.88. The molecule has 0 saturated carbocycles. The maximum Gasteiger partial charge on any atom is 0.257 e. The number of hydrogen-bond donors (Lipinski definition) is 1. The van der Waals surface area contributed by atoms with Gasteiger partial charge in [0.05, 0.1) is 12.2 Å². The molecular weight excluding hydrogens is 302 g/mol. The van der Waals surface area contributed by atoms with Crippen LogP contribution in [0.2, 0.25) is 5.02 Å². The number of aromatic hydroxyl groups is 1. The van der Waals surface area contributed by atoms with Crippen molar-refractivity contribution >= 4 is 28.3 Å². The van der Waals surface area contributed by atoms with Crippen LogP contribution in [0.3, 0.4) is 0 Å². The van der Waals surface area contributed by atoms with Gasteiger partial charge in [0.15, 0.2) is 0 Å². The number of fused-ring (bicyclic) bond motifs is 1. The van der Waals surface area contributed by atoms with Crippen LogP contribution in [0.4, 0.5) is 0 Å². The summed E-state index contributed by atoms with van der Waals surface area (Å²) in [5.74, 6) is 0.114. The zero-order valence-electron chi connectivity index (χ0n) is 12.4. The fraction of sp³-hybridized carbons (Fsp3) is 0.353. The van der Waals surface area contributed by atoms with Gasteiger partial charge in [-0.2, -0.15) is 0 Å². The normalized spacial score (nSPS) is 17.8. The molecule has 116 valence electrons. The molecule has 5 heteroatoms. The Morgan fingerprint density at radius 1 is 1.41 bits per heavy atom. The highest BCUT2D eigenvalue weighted by atomic mass is 35.5. The Balaban J connectivity index is 1.91. The molecule has 0 spiro atoms. The minimum atomic E-state index is -0.225. The van der Waals surface area contributed by atoms with E-state index in [2.05, 4.69) is 0 Å². The summed E-state index contributed by atoms with van der Waals surface area (Å²) in [5, 5.41) is 12.2. The van der Waals surface area contributed by atoms with Crippen LogP contribution in [0.1, 0.15) is 16.8 Å². The number of rotatable bonds is 3. The summed E-state index contributed by atoms with van der Waals surface area (Å²) < 4.78 is 5.34. The third kappa shape index (κ3) is 2.76. The van der Waals surface area contributed by atoms with Crippen molar-refractivity contribution in [3.8, 4) is 5.75 Å². The molecule has 0 radical (unpaired) electrons. The van der Waals surface area contributed by atoms with Crippen molar-refractivity contribution < 1.29 is 14.6 Å². The molecule has 0 unspecified atom stereocenters. The number of ether oxygens (including phenoxy) is 1. The van der Waals surface area contributed by atoms with Crippen LogP contribution in [-0.2, 0) is 4.74 Å². The second-order valence-corrected chi connectivity index (χ2v) is 6.12. The smallest absolute Gasteiger partial charge is 0.257 e. The van der Waals surface area contributed by atoms with Crippen LogP contribution in [-0.4, -0.2) is 42.7 Å². The predicted molar refractivity (Wildman–Crippen MR) is 86.5 cm³/mol. The van der Waals surface area contributed by atoms with Crippen LogP contribution in [0.5, 0.6) is 5.75 Å². The topological polar surface area (TPSA) is 49.8 Å². The lowest BCUT2D eigenvalue weighted by atomic mass is 10.0. The summed E-state index contributed by atoms with van der Waals surface area (Å²) in [4.78, 5) is 14.2. The summed E-state index contributed by atoms with van der Waals surface area (Å²) >= 11 is 6.25. The molecule has 1 amide bonds. The SMILES string of the molecule is CN(C[C@H]1CCOC1)C(=O)c1cc(Cl)c2ccccc2c1O. The number of hydrogen-bond acceptors (Lipinski definition) is 3. The lowest BCUT2D eigenvalue weighted by Gasteiger charge is -2.21. The van der Waals surface area contributed by atoms with E-state index in [0.29, 0.717) is 29.5 Å². The molecule has 1 fully saturated rings. The number of halogens is 1. The van der Waals surface area contributed by atoms with E-state index in [1.54, 1.807) is 24.1 Å². The molecule has 2 aromatic carbocycles. The van der Waals surface area contributed by atoms with Crippen molar-refractivity contribution in [2.45, 2.75) is 6.42 Å². The number of nitrogens with zero attached hydrogens (tertiary/aromatic N) is 1. The second-order valence-electron chi connectivity index (χ2n) is 5.72. The average Bonchev–Trinajstić information content (AvgIpc) is 3.03. The first-order valence-electron chi connectivity index (χ1n) is 7.31. The molecule has 1 aliphatic heterocycles. The first kappa shape index (κ1) is 15.1. The number of carbonyl (C=O) groups is 1. The largest absolute Gasteiger partial charge is 0.506 e. The summed E-state index contributed by atoms with van der Waals surface area (Å²) in [6.45, 7) is 2.05. The van der Waals surface area contributed by atoms with E-state index in [1.807, 2.05) is 18.2 Å². The van der Waals surface area contributed by atoms with Gasteiger partial charge in [-0.25, -0.2) is 0 Å². The maximum absolute atomic E-state index is 12.6. The Bertz CT molecular complexity index is 710. The monoisotopic (exact) mass is 319 g/mol. The summed E-state index contributed by atoms with van der Waals surface area (Å²) in [6, 6.07) is 8.79. The molecule has 22 heavy (non-hydrogen) atoms. The zero-order chi connectivity index (χ0) is 15.7. The second kappa shape index (κ2) is 6.15. The Kier molecular flexibility index (Phi) is 4.23. The van der Waals surface area contributed by atoms with E-state index in [1.165, 1.54) is 0 Å². The van der Waals surface area contributed by atoms with Gasteiger partial charge in [-0.1, -0.05) is 35.9 Å². The van der Waals surface area contributed by atoms with Crippen molar-refractivity contribution in [1.82, 2.24) is 4.90 Å². The van der Waals surface area contributed by atoms with E-state index in [4.69, 9.17) is 16.3 Å². The lowest BCUT2D eigenvalue weighted by Crippen LogP contribution is -2.32. The van der Waals surface area contributed by atoms with Gasteiger partial charge in [-0.05, 0) is 12.5 Å². The van der Waals surface area contributed by atoms with Gasteiger partial charge < -0.3 is 14.7 Å². The zero-order valence-corrected chi connectivity index (χ0v) is 13.1. The summed E-state index contributed by atoms with van der Waals surface area (Å²) in [6.07, 6.45) is 0.960. The maximum atomic E-state index is 12.6. The van der Waals surface area contributed by atoms with Gasteiger partial charge in [0.1, 0.15) is 5.75 Å². The standard InChI is InChI=1S/C17H18ClNO3/c1-19(9-11-6-7-22-10-11)17(21)14-8-15(18)12-4-2-3-5-13(12)16(14)20/h2-5,8,11,20H,6-7,9-10H2,1H3/t11-/m1/s1. The van der Waals surface area contributed by atoms with Gasteiger partial charge in [0.25, 0.3) is 5.91 Å². The Morgan fingerprint density at radius 2 is 2.14 bits per heavy atom. The van der Waals surface area contributed by atoms with Gasteiger partial charge >= 0.3 is 0 Å². The number of benzene rings is 2. The van der Waals surface area contributed by atoms with Crippen molar-refractivity contribution in [1.29, 1.82) is 0 Å². The lowest BCUT2D eigenvalue weighted by molar-refractivity contribution is 0.0763. The van der Waals surface area contributed by atoms with Crippen molar-refractivity contribution in [2.75, 3.05) is 26.8 Å². The van der Waals surface area contributed by atoms with E-state index >= 15 is 0 Å². The fourth-order valence-corrected chi connectivity index (χ4v) is 3.16. The van der Waals surface area contributed by atoms with Crippen LogP contribution in [0.15, 0.2) is 30.3 Å². The van der Waals surface area contributed by atoms with E-state index < -0.39 is 0 Å². The highest BCUT2D eigenvalue weighted by molar-refractivity contribution is 6.36. The summed E-state index contributed by atoms with van der Waals surface area (Å²) in [5.41, 5.74) is 0.241. The summed E-state index contributed by atoms with van der Waals surface area (Å²) in [7, 11) is 1.74. The molecule has 1 atom stereocenters. The van der Waals surface area contributed by atoms with E-state index in [-0.39, 0.29) is 17.2 Å². The molecule has 3 rings (SSSR count). The molecule has 4 nitrogen and oxygen atoms in total. The molecule has 1 aliphatic rings. The molecule has 1 heterocycles. The van der Waals surface area contributed by atoms with Crippen molar-refractivity contribution in [3.63, 3.8) is 0 Å². The molecule has 0 bridgehead atoms. The Morgan fingerprint density at radius 3 is 2.82 bits per heavy atom. The van der Waals surface area contributed by atoms with Crippen molar-refractivity contribution in [2.24, 2.45) is 5.92 Å². The molecule has 1 saturated heterocycles. The first-order chi connectivity index (χ1) is 10.6. The highest BCUT2D eigenvalue weighted by Gasteiger charge is 2.23. The third-order valence-corrected chi connectivity index (χ3v) is 4.41. The van der Waals surface area contributed by atoms with Crippen LogP contribution >= 0.6 is 11.6 Å². The number of carbonyl (C=O) groups excluding carboxylic acids is 1. The number of amides is 1. The Labute approximate surface area is 134 Å². The van der Waals surface area contributed by atoms with Gasteiger partial charge in [-0.15, -0.1) is 0 Å². The number of phenols is 1. The van der Waals surface area contributed by atoms with Gasteiger partial charge in [-0.3, -0.25) is 4.79 Å². The molecule has 0 aliphatic carbocycles. The van der Waals surface area contributed by atoms with E-state index in [9.17, 15) is 9.90 Å². The van der Waals surface area contributed by atoms with E-state index in [0.717, 1.165) is 18.4 Å². The van der Waals surface area contributed by atoms with Crippen LogP contribution in [0, 0.1) is 5.92 Å². The highest BCUT2D eigenvalue weighted by Crippen LogP contribution is 2.34. The van der Waals surface area contributed by atoms with Crippen LogP contribution in [0.25, 0.3) is 10.8 Å². The van der Waals surface area contributed by atoms with Crippen LogP contribution < -0.4 is 0 Å². The minimum Gasteiger partial charge on any atom is -0.506 e. The first-order valence-corrected chi connectivity index (χ1v) is 7.69. The predicted octanol–water partition coefficient (Wildman–Crippen LogP) is 3.31. The van der Waals surface area contributed by atoms with Gasteiger partial charge in [0.2, 0.25) is 0 Å². The molecular formula is C17H18ClNO3. The Hall–Kier alpha value is -1.78. The molecule has 1 N–H and O–H groups in total. The van der Waals surface area contributed by atoms with Crippen molar-refractivity contribution in [3.05, 3.63) is 40.9 Å². The molecule has 0 aromatic heterocycles. The quantitative estimate of drug-likeness (QED) is 0.944. The van der Waals surface area contributed by atoms with Gasteiger partial charge in [0, 0.05) is 41.9 Å². The third-order valence-electron chi connectivity index (χ3n) is 4.10.